The van der Waals surface area contributed by atoms with Gasteiger partial charge in [0, 0.05) is 6.54 Å². The third kappa shape index (κ3) is 2.56. The van der Waals surface area contributed by atoms with Crippen LogP contribution in [-0.4, -0.2) is 38.4 Å². The Kier molecular flexibility index (Phi) is 3.78. The fourth-order valence-electron chi connectivity index (χ4n) is 3.04. The Bertz CT molecular complexity index is 895. The van der Waals surface area contributed by atoms with Gasteiger partial charge in [0.2, 0.25) is 5.91 Å². The van der Waals surface area contributed by atoms with Crippen molar-refractivity contribution in [1.82, 2.24) is 19.9 Å². The van der Waals surface area contributed by atoms with Gasteiger partial charge in [-0.2, -0.15) is 0 Å². The number of aromatic amines is 1. The van der Waals surface area contributed by atoms with E-state index in [0.717, 1.165) is 24.9 Å². The van der Waals surface area contributed by atoms with E-state index in [9.17, 15) is 4.79 Å². The molecule has 7 nitrogen and oxygen atoms in total. The zero-order chi connectivity index (χ0) is 16.5. The smallest absolute Gasteiger partial charge is 0.247 e. The molecule has 1 unspecified atom stereocenters. The van der Waals surface area contributed by atoms with E-state index in [4.69, 9.17) is 11.6 Å². The molecule has 0 aliphatic carbocycles. The SMILES string of the molecule is O=C(Nc1ccccc1Cl)C1CCCN1c1ncnc2nc[nH]c12. The highest BCUT2D eigenvalue weighted by Crippen LogP contribution is 2.29. The van der Waals surface area contributed by atoms with Gasteiger partial charge in [-0.1, -0.05) is 23.7 Å². The maximum atomic E-state index is 12.7. The molecule has 1 fully saturated rings. The number of fused-ring (bicyclic) bond motifs is 1. The van der Waals surface area contributed by atoms with E-state index in [2.05, 4.69) is 25.3 Å². The summed E-state index contributed by atoms with van der Waals surface area (Å²) in [7, 11) is 0. The summed E-state index contributed by atoms with van der Waals surface area (Å²) in [5.41, 5.74) is 1.96. The van der Waals surface area contributed by atoms with Crippen LogP contribution in [0.1, 0.15) is 12.8 Å². The van der Waals surface area contributed by atoms with E-state index in [1.165, 1.54) is 6.33 Å². The summed E-state index contributed by atoms with van der Waals surface area (Å²) in [6.07, 6.45) is 4.73. The van der Waals surface area contributed by atoms with E-state index in [1.54, 1.807) is 18.5 Å². The van der Waals surface area contributed by atoms with Gasteiger partial charge in [0.05, 0.1) is 17.0 Å². The summed E-state index contributed by atoms with van der Waals surface area (Å²) in [5, 5.41) is 3.43. The van der Waals surface area contributed by atoms with Crippen molar-refractivity contribution >= 4 is 40.2 Å². The average molecular weight is 343 g/mol. The number of imidazole rings is 1. The molecule has 1 atom stereocenters. The van der Waals surface area contributed by atoms with Crippen molar-refractivity contribution in [3.8, 4) is 0 Å². The van der Waals surface area contributed by atoms with Gasteiger partial charge in [-0.15, -0.1) is 0 Å². The Balaban J connectivity index is 1.62. The van der Waals surface area contributed by atoms with Gasteiger partial charge in [0.1, 0.15) is 17.9 Å². The van der Waals surface area contributed by atoms with E-state index in [1.807, 2.05) is 17.0 Å². The molecule has 1 amide bonds. The minimum absolute atomic E-state index is 0.0909. The third-order valence-corrected chi connectivity index (χ3v) is 4.49. The normalized spacial score (nSPS) is 17.4. The Morgan fingerprint density at radius 2 is 2.17 bits per heavy atom. The number of nitrogens with zero attached hydrogens (tertiary/aromatic N) is 4. The van der Waals surface area contributed by atoms with Crippen molar-refractivity contribution in [1.29, 1.82) is 0 Å². The van der Waals surface area contributed by atoms with Gasteiger partial charge in [-0.3, -0.25) is 4.79 Å². The van der Waals surface area contributed by atoms with E-state index >= 15 is 0 Å². The first kappa shape index (κ1) is 14.9. The van der Waals surface area contributed by atoms with Gasteiger partial charge in [-0.25, -0.2) is 15.0 Å². The second kappa shape index (κ2) is 6.09. The second-order valence-corrected chi connectivity index (χ2v) is 6.03. The monoisotopic (exact) mass is 342 g/mol. The molecule has 0 spiro atoms. The molecule has 8 heteroatoms. The number of rotatable bonds is 3. The minimum atomic E-state index is -0.303. The first-order valence-corrected chi connectivity index (χ1v) is 8.08. The maximum Gasteiger partial charge on any atom is 0.247 e. The topological polar surface area (TPSA) is 86.8 Å². The number of hydrogen-bond donors (Lipinski definition) is 2. The highest BCUT2D eigenvalue weighted by Gasteiger charge is 2.33. The lowest BCUT2D eigenvalue weighted by Gasteiger charge is -2.25. The Morgan fingerprint density at radius 3 is 3.04 bits per heavy atom. The number of halogens is 1. The number of hydrogen-bond acceptors (Lipinski definition) is 5. The van der Waals surface area contributed by atoms with Crippen LogP contribution in [-0.2, 0) is 4.79 Å². The molecule has 122 valence electrons. The average Bonchev–Trinajstić information content (AvgIpc) is 3.25. The molecule has 1 aliphatic heterocycles. The number of amides is 1. The highest BCUT2D eigenvalue weighted by atomic mass is 35.5. The molecule has 0 radical (unpaired) electrons. The van der Waals surface area contributed by atoms with Gasteiger partial charge in [0.25, 0.3) is 0 Å². The van der Waals surface area contributed by atoms with Crippen molar-refractivity contribution in [3.05, 3.63) is 41.9 Å². The highest BCUT2D eigenvalue weighted by molar-refractivity contribution is 6.33. The zero-order valence-electron chi connectivity index (χ0n) is 12.7. The fraction of sp³-hybridized carbons (Fsp3) is 0.250. The molecular weight excluding hydrogens is 328 g/mol. The third-order valence-electron chi connectivity index (χ3n) is 4.16. The number of para-hydroxylation sites is 1. The standard InChI is InChI=1S/C16H15ClN6O/c17-10-4-1-2-5-11(10)22-16(24)12-6-3-7-23(12)15-13-14(19-8-18-13)20-9-21-15/h1-2,4-5,8-9,12H,3,6-7H2,(H,22,24)(H,18,19,20,21). The van der Waals surface area contributed by atoms with Crippen LogP contribution in [0.15, 0.2) is 36.9 Å². The van der Waals surface area contributed by atoms with Crippen molar-refractivity contribution in [2.75, 3.05) is 16.8 Å². The van der Waals surface area contributed by atoms with Crippen LogP contribution < -0.4 is 10.2 Å². The second-order valence-electron chi connectivity index (χ2n) is 5.62. The number of aromatic nitrogens is 4. The number of benzene rings is 1. The maximum absolute atomic E-state index is 12.7. The lowest BCUT2D eigenvalue weighted by Crippen LogP contribution is -2.40. The molecule has 0 saturated carbocycles. The van der Waals surface area contributed by atoms with Crippen LogP contribution in [0.2, 0.25) is 5.02 Å². The predicted molar refractivity (Wildman–Crippen MR) is 92.1 cm³/mol. The summed E-state index contributed by atoms with van der Waals surface area (Å²) in [5.74, 6) is 0.612. The quantitative estimate of drug-likeness (QED) is 0.764. The Morgan fingerprint density at radius 1 is 1.29 bits per heavy atom. The van der Waals surface area contributed by atoms with Gasteiger partial charge in [0.15, 0.2) is 11.5 Å². The summed E-state index contributed by atoms with van der Waals surface area (Å²) in [6, 6.07) is 6.91. The molecule has 4 rings (SSSR count). The first-order chi connectivity index (χ1) is 11.7. The fourth-order valence-corrected chi connectivity index (χ4v) is 3.22. The summed E-state index contributed by atoms with van der Waals surface area (Å²) in [4.78, 5) is 30.4. The molecule has 3 aromatic rings. The molecule has 1 aliphatic rings. The molecule has 0 bridgehead atoms. The van der Waals surface area contributed by atoms with Crippen LogP contribution >= 0.6 is 11.6 Å². The molecule has 1 aromatic carbocycles. The van der Waals surface area contributed by atoms with Crippen molar-refractivity contribution in [2.45, 2.75) is 18.9 Å². The lowest BCUT2D eigenvalue weighted by molar-refractivity contribution is -0.117. The van der Waals surface area contributed by atoms with Gasteiger partial charge >= 0.3 is 0 Å². The Labute approximate surface area is 143 Å². The zero-order valence-corrected chi connectivity index (χ0v) is 13.5. The number of anilines is 2. The predicted octanol–water partition coefficient (Wildman–Crippen LogP) is 2.61. The lowest BCUT2D eigenvalue weighted by atomic mass is 10.2. The van der Waals surface area contributed by atoms with E-state index in [-0.39, 0.29) is 11.9 Å². The number of carbonyl (C=O) groups excluding carboxylic acids is 1. The van der Waals surface area contributed by atoms with Gasteiger partial charge < -0.3 is 15.2 Å². The minimum Gasteiger partial charge on any atom is -0.343 e. The van der Waals surface area contributed by atoms with Crippen molar-refractivity contribution in [3.63, 3.8) is 0 Å². The van der Waals surface area contributed by atoms with Gasteiger partial charge in [-0.05, 0) is 25.0 Å². The van der Waals surface area contributed by atoms with Crippen LogP contribution in [0.25, 0.3) is 11.2 Å². The summed E-state index contributed by atoms with van der Waals surface area (Å²) >= 11 is 6.13. The number of H-pyrrole nitrogens is 1. The molecule has 2 N–H and O–H groups in total. The summed E-state index contributed by atoms with van der Waals surface area (Å²) < 4.78 is 0. The van der Waals surface area contributed by atoms with Crippen molar-refractivity contribution < 1.29 is 4.79 Å². The van der Waals surface area contributed by atoms with E-state index < -0.39 is 0 Å². The molecule has 3 heterocycles. The Hall–Kier alpha value is -2.67. The molecular formula is C16H15ClN6O. The number of carbonyl (C=O) groups is 1. The molecule has 1 saturated heterocycles. The summed E-state index contributed by atoms with van der Waals surface area (Å²) in [6.45, 7) is 0.756. The first-order valence-electron chi connectivity index (χ1n) is 7.70. The van der Waals surface area contributed by atoms with Crippen LogP contribution in [0.4, 0.5) is 11.5 Å². The molecule has 2 aromatic heterocycles. The molecule has 24 heavy (non-hydrogen) atoms. The van der Waals surface area contributed by atoms with E-state index in [0.29, 0.717) is 22.2 Å². The van der Waals surface area contributed by atoms with Crippen LogP contribution in [0.3, 0.4) is 0 Å². The van der Waals surface area contributed by atoms with Crippen LogP contribution in [0.5, 0.6) is 0 Å². The van der Waals surface area contributed by atoms with Crippen molar-refractivity contribution in [2.24, 2.45) is 0 Å². The van der Waals surface area contributed by atoms with Crippen LogP contribution in [0, 0.1) is 0 Å². The largest absolute Gasteiger partial charge is 0.343 e. The number of nitrogens with one attached hydrogen (secondary N) is 2.